The van der Waals surface area contributed by atoms with Gasteiger partial charge in [-0.25, -0.2) is 17.3 Å². The number of hydrogen-bond donors (Lipinski definition) is 3. The number of aliphatic hydroxyl groups excluding tert-OH is 1. The molecule has 10 heteroatoms. The van der Waals surface area contributed by atoms with Gasteiger partial charge >= 0.3 is 0 Å². The Labute approximate surface area is 179 Å². The summed E-state index contributed by atoms with van der Waals surface area (Å²) in [5.41, 5.74) is 3.04. The minimum Gasteiger partial charge on any atom is -0.396 e. The molecule has 0 radical (unpaired) electrons. The summed E-state index contributed by atoms with van der Waals surface area (Å²) >= 11 is 0. The number of carbonyl (C=O) groups is 1. The molecule has 2 heterocycles. The zero-order valence-electron chi connectivity index (χ0n) is 16.9. The summed E-state index contributed by atoms with van der Waals surface area (Å²) in [6, 6.07) is 7.48. The van der Waals surface area contributed by atoms with Crippen LogP contribution in [0, 0.1) is 5.82 Å². The van der Waals surface area contributed by atoms with Crippen molar-refractivity contribution >= 4 is 27.1 Å². The number of amides is 1. The van der Waals surface area contributed by atoms with Gasteiger partial charge in [-0.2, -0.15) is 5.10 Å². The van der Waals surface area contributed by atoms with E-state index >= 15 is 0 Å². The van der Waals surface area contributed by atoms with E-state index in [4.69, 9.17) is 5.11 Å². The first-order valence-corrected chi connectivity index (χ1v) is 11.6. The molecule has 3 aromatic rings. The van der Waals surface area contributed by atoms with Crippen LogP contribution in [0.2, 0.25) is 0 Å². The maximum absolute atomic E-state index is 13.4. The Kier molecular flexibility index (Phi) is 5.67. The molecule has 2 aromatic heterocycles. The van der Waals surface area contributed by atoms with Gasteiger partial charge in [0.1, 0.15) is 11.5 Å². The van der Waals surface area contributed by atoms with Crippen LogP contribution in [0.4, 0.5) is 10.1 Å². The number of nitrogens with one attached hydrogen (secondary N) is 2. The van der Waals surface area contributed by atoms with Crippen LogP contribution >= 0.6 is 0 Å². The van der Waals surface area contributed by atoms with Crippen molar-refractivity contribution in [1.82, 2.24) is 14.9 Å². The molecule has 0 bridgehead atoms. The molecule has 4 rings (SSSR count). The van der Waals surface area contributed by atoms with Crippen molar-refractivity contribution in [2.75, 3.05) is 24.1 Å². The molecule has 31 heavy (non-hydrogen) atoms. The highest BCUT2D eigenvalue weighted by Crippen LogP contribution is 2.44. The van der Waals surface area contributed by atoms with Gasteiger partial charge in [-0.3, -0.25) is 9.52 Å². The molecule has 0 saturated heterocycles. The molecule has 1 fully saturated rings. The van der Waals surface area contributed by atoms with Crippen molar-refractivity contribution in [3.63, 3.8) is 0 Å². The molecule has 1 amide bonds. The Morgan fingerprint density at radius 3 is 2.61 bits per heavy atom. The van der Waals surface area contributed by atoms with Crippen molar-refractivity contribution in [3.8, 4) is 11.3 Å². The molecule has 1 aromatic carbocycles. The quantitative estimate of drug-likeness (QED) is 0.492. The van der Waals surface area contributed by atoms with Crippen molar-refractivity contribution in [2.24, 2.45) is 0 Å². The topological polar surface area (TPSA) is 113 Å². The third kappa shape index (κ3) is 4.40. The average molecular weight is 447 g/mol. The minimum atomic E-state index is -3.65. The van der Waals surface area contributed by atoms with Crippen LogP contribution < -0.4 is 10.0 Å². The number of aliphatic hydroxyl groups is 1. The first-order valence-electron chi connectivity index (χ1n) is 9.98. The van der Waals surface area contributed by atoms with E-state index in [0.717, 1.165) is 18.4 Å². The van der Waals surface area contributed by atoms with Crippen LogP contribution in [0.3, 0.4) is 0 Å². The van der Waals surface area contributed by atoms with E-state index in [9.17, 15) is 17.6 Å². The summed E-state index contributed by atoms with van der Waals surface area (Å²) in [6.07, 6.45) is 3.55. The number of rotatable bonds is 8. The standard InChI is InChI=1S/C21H23FN4O4S/c1-23-21(28)19-18-11-16(13-3-4-13)17(25-31(29,30)10-2-9-27)12-26(18)24-20(19)14-5-7-15(22)8-6-14/h5-8,11-13,25,27H,2-4,9-10H2,1H3,(H,23,28). The number of benzene rings is 1. The number of fused-ring (bicyclic) bond motifs is 1. The number of anilines is 1. The second-order valence-electron chi connectivity index (χ2n) is 7.55. The fourth-order valence-electron chi connectivity index (χ4n) is 3.56. The fraction of sp³-hybridized carbons (Fsp3) is 0.333. The van der Waals surface area contributed by atoms with E-state index in [2.05, 4.69) is 15.1 Å². The van der Waals surface area contributed by atoms with Crippen LogP contribution in [0.15, 0.2) is 36.5 Å². The van der Waals surface area contributed by atoms with E-state index in [-0.39, 0.29) is 30.6 Å². The van der Waals surface area contributed by atoms with Crippen LogP contribution in [0.25, 0.3) is 16.8 Å². The van der Waals surface area contributed by atoms with Crippen LogP contribution in [-0.4, -0.2) is 48.5 Å². The Bertz CT molecular complexity index is 1230. The predicted octanol–water partition coefficient (Wildman–Crippen LogP) is 2.50. The van der Waals surface area contributed by atoms with Crippen LogP contribution in [0.1, 0.15) is 41.1 Å². The number of pyridine rings is 1. The van der Waals surface area contributed by atoms with Gasteiger partial charge in [-0.1, -0.05) is 0 Å². The number of nitrogens with zero attached hydrogens (tertiary/aromatic N) is 2. The molecule has 1 saturated carbocycles. The molecular formula is C21H23FN4O4S. The summed E-state index contributed by atoms with van der Waals surface area (Å²) < 4.78 is 42.3. The third-order valence-corrected chi connectivity index (χ3v) is 6.58. The maximum Gasteiger partial charge on any atom is 0.255 e. The second-order valence-corrected chi connectivity index (χ2v) is 9.40. The van der Waals surface area contributed by atoms with Gasteiger partial charge in [0.15, 0.2) is 0 Å². The van der Waals surface area contributed by atoms with E-state index in [1.54, 1.807) is 24.4 Å². The van der Waals surface area contributed by atoms with Crippen molar-refractivity contribution in [2.45, 2.75) is 25.2 Å². The second kappa shape index (κ2) is 8.27. The molecule has 0 atom stereocenters. The number of carbonyl (C=O) groups excluding carboxylic acids is 1. The lowest BCUT2D eigenvalue weighted by molar-refractivity contribution is 0.0965. The van der Waals surface area contributed by atoms with Gasteiger partial charge in [-0.15, -0.1) is 0 Å². The molecule has 0 unspecified atom stereocenters. The van der Waals surface area contributed by atoms with Gasteiger partial charge in [0, 0.05) is 19.2 Å². The highest BCUT2D eigenvalue weighted by atomic mass is 32.2. The van der Waals surface area contributed by atoms with Gasteiger partial charge in [0.25, 0.3) is 5.91 Å². The lowest BCUT2D eigenvalue weighted by Gasteiger charge is -2.13. The molecule has 0 aliphatic heterocycles. The summed E-state index contributed by atoms with van der Waals surface area (Å²) in [4.78, 5) is 12.7. The zero-order valence-corrected chi connectivity index (χ0v) is 17.7. The predicted molar refractivity (Wildman–Crippen MR) is 115 cm³/mol. The Morgan fingerprint density at radius 2 is 2.00 bits per heavy atom. The highest BCUT2D eigenvalue weighted by Gasteiger charge is 2.30. The summed E-state index contributed by atoms with van der Waals surface area (Å²) in [6.45, 7) is -0.217. The molecular weight excluding hydrogens is 423 g/mol. The van der Waals surface area contributed by atoms with E-state index in [1.165, 1.54) is 23.7 Å². The largest absolute Gasteiger partial charge is 0.396 e. The van der Waals surface area contributed by atoms with E-state index in [0.29, 0.717) is 28.0 Å². The summed E-state index contributed by atoms with van der Waals surface area (Å²) in [5.74, 6) is -0.742. The number of aromatic nitrogens is 2. The van der Waals surface area contributed by atoms with Gasteiger partial charge < -0.3 is 10.4 Å². The van der Waals surface area contributed by atoms with E-state index < -0.39 is 15.8 Å². The van der Waals surface area contributed by atoms with Crippen molar-refractivity contribution in [3.05, 3.63) is 53.5 Å². The Balaban J connectivity index is 1.87. The third-order valence-electron chi connectivity index (χ3n) is 5.23. The lowest BCUT2D eigenvalue weighted by Crippen LogP contribution is -2.19. The van der Waals surface area contributed by atoms with Crippen LogP contribution in [0.5, 0.6) is 0 Å². The first kappa shape index (κ1) is 21.3. The Hall–Kier alpha value is -2.98. The smallest absolute Gasteiger partial charge is 0.255 e. The molecule has 1 aliphatic carbocycles. The molecule has 8 nitrogen and oxygen atoms in total. The highest BCUT2D eigenvalue weighted by molar-refractivity contribution is 7.92. The number of halogens is 1. The number of sulfonamides is 1. The van der Waals surface area contributed by atoms with Gasteiger partial charge in [0.2, 0.25) is 10.0 Å². The SMILES string of the molecule is CNC(=O)c1c(-c2ccc(F)cc2)nn2cc(NS(=O)(=O)CCCO)c(C3CC3)cc12. The van der Waals surface area contributed by atoms with Gasteiger partial charge in [-0.05, 0) is 61.1 Å². The van der Waals surface area contributed by atoms with Crippen molar-refractivity contribution in [1.29, 1.82) is 0 Å². The molecule has 0 spiro atoms. The summed E-state index contributed by atoms with van der Waals surface area (Å²) in [5, 5.41) is 16.1. The molecule has 3 N–H and O–H groups in total. The van der Waals surface area contributed by atoms with E-state index in [1.807, 2.05) is 0 Å². The minimum absolute atomic E-state index is 0.133. The summed E-state index contributed by atoms with van der Waals surface area (Å²) in [7, 11) is -2.13. The first-order chi connectivity index (χ1) is 14.8. The van der Waals surface area contributed by atoms with Crippen molar-refractivity contribution < 1.29 is 22.7 Å². The number of hydrogen-bond acceptors (Lipinski definition) is 5. The monoisotopic (exact) mass is 446 g/mol. The van der Waals surface area contributed by atoms with Crippen LogP contribution in [-0.2, 0) is 10.0 Å². The zero-order chi connectivity index (χ0) is 22.2. The fourth-order valence-corrected chi connectivity index (χ4v) is 4.67. The van der Waals surface area contributed by atoms with Gasteiger partial charge in [0.05, 0.1) is 28.7 Å². The molecule has 1 aliphatic rings. The lowest BCUT2D eigenvalue weighted by atomic mass is 10.0. The molecule has 164 valence electrons. The Morgan fingerprint density at radius 1 is 1.29 bits per heavy atom. The normalized spacial score (nSPS) is 14.0. The maximum atomic E-state index is 13.4. The average Bonchev–Trinajstić information content (AvgIpc) is 3.52.